The minimum atomic E-state index is -0.824. The Balaban J connectivity index is 1.99. The summed E-state index contributed by atoms with van der Waals surface area (Å²) in [6.45, 7) is 4.76. The molecule has 0 bridgehead atoms. The fourth-order valence-corrected chi connectivity index (χ4v) is 2.70. The molecular weight excluding hydrogens is 294 g/mol. The Kier molecular flexibility index (Phi) is 5.73. The van der Waals surface area contributed by atoms with Gasteiger partial charge in [0.1, 0.15) is 5.82 Å². The number of aliphatic carboxylic acids is 1. The second kappa shape index (κ2) is 7.76. The van der Waals surface area contributed by atoms with Crippen LogP contribution in [0.15, 0.2) is 24.3 Å². The molecule has 1 amide bonds. The number of nitrogens with zero attached hydrogens (tertiary/aromatic N) is 2. The van der Waals surface area contributed by atoms with Gasteiger partial charge in [0, 0.05) is 19.4 Å². The van der Waals surface area contributed by atoms with E-state index in [2.05, 4.69) is 21.8 Å². The highest BCUT2D eigenvalue weighted by Gasteiger charge is 2.17. The van der Waals surface area contributed by atoms with Gasteiger partial charge in [-0.1, -0.05) is 12.1 Å². The van der Waals surface area contributed by atoms with Gasteiger partial charge in [0.15, 0.2) is 0 Å². The first-order chi connectivity index (χ1) is 11.0. The van der Waals surface area contributed by atoms with Crippen LogP contribution in [0.1, 0.15) is 51.4 Å². The lowest BCUT2D eigenvalue weighted by Gasteiger charge is -2.15. The molecule has 1 unspecified atom stereocenters. The molecule has 0 radical (unpaired) electrons. The van der Waals surface area contributed by atoms with Gasteiger partial charge in [0.25, 0.3) is 0 Å². The highest BCUT2D eigenvalue weighted by atomic mass is 16.4. The van der Waals surface area contributed by atoms with Gasteiger partial charge in [-0.15, -0.1) is 0 Å². The number of hydrogen-bond acceptors (Lipinski definition) is 3. The minimum absolute atomic E-state index is 0.0717. The van der Waals surface area contributed by atoms with Crippen LogP contribution >= 0.6 is 0 Å². The Bertz CT molecular complexity index is 693. The highest BCUT2D eigenvalue weighted by Crippen LogP contribution is 2.20. The number of carbonyl (C=O) groups excluding carboxylic acids is 1. The highest BCUT2D eigenvalue weighted by molar-refractivity contribution is 5.78. The van der Waals surface area contributed by atoms with Crippen LogP contribution in [0.2, 0.25) is 0 Å². The van der Waals surface area contributed by atoms with Gasteiger partial charge >= 0.3 is 5.97 Å². The van der Waals surface area contributed by atoms with E-state index in [0.29, 0.717) is 19.3 Å². The van der Waals surface area contributed by atoms with Gasteiger partial charge < -0.3 is 15.0 Å². The van der Waals surface area contributed by atoms with Crippen LogP contribution < -0.4 is 5.32 Å². The van der Waals surface area contributed by atoms with Crippen molar-refractivity contribution in [3.63, 3.8) is 0 Å². The van der Waals surface area contributed by atoms with Crippen molar-refractivity contribution in [2.75, 3.05) is 0 Å². The smallest absolute Gasteiger partial charge is 0.303 e. The van der Waals surface area contributed by atoms with Crippen LogP contribution in [0.5, 0.6) is 0 Å². The number of unbranched alkanes of at least 4 members (excludes halogenated alkanes) is 1. The van der Waals surface area contributed by atoms with E-state index < -0.39 is 5.97 Å². The maximum Gasteiger partial charge on any atom is 0.303 e. The lowest BCUT2D eigenvalue weighted by atomic mass is 10.2. The first-order valence-corrected chi connectivity index (χ1v) is 7.99. The molecule has 1 heterocycles. The predicted octanol–water partition coefficient (Wildman–Crippen LogP) is 2.88. The zero-order valence-corrected chi connectivity index (χ0v) is 13.6. The van der Waals surface area contributed by atoms with Gasteiger partial charge in [-0.25, -0.2) is 4.98 Å². The zero-order valence-electron chi connectivity index (χ0n) is 13.6. The van der Waals surface area contributed by atoms with Crippen molar-refractivity contribution in [2.45, 2.75) is 52.1 Å². The molecule has 0 aliphatic carbocycles. The third-order valence-electron chi connectivity index (χ3n) is 3.81. The van der Waals surface area contributed by atoms with Crippen molar-refractivity contribution in [1.82, 2.24) is 14.9 Å². The summed E-state index contributed by atoms with van der Waals surface area (Å²) in [5.74, 6) is -0.0550. The van der Waals surface area contributed by atoms with Gasteiger partial charge in [-0.05, 0) is 38.8 Å². The van der Waals surface area contributed by atoms with Crippen LogP contribution in [0, 0.1) is 0 Å². The molecule has 0 saturated carbocycles. The molecule has 0 aliphatic rings. The summed E-state index contributed by atoms with van der Waals surface area (Å²) in [6.07, 6.45) is 1.54. The maximum absolute atomic E-state index is 12.0. The van der Waals surface area contributed by atoms with Crippen molar-refractivity contribution < 1.29 is 14.7 Å². The summed E-state index contributed by atoms with van der Waals surface area (Å²) in [5.41, 5.74) is 1.99. The van der Waals surface area contributed by atoms with Crippen molar-refractivity contribution in [1.29, 1.82) is 0 Å². The number of carboxylic acids is 1. The Morgan fingerprint density at radius 1 is 1.26 bits per heavy atom. The monoisotopic (exact) mass is 317 g/mol. The zero-order chi connectivity index (χ0) is 16.8. The van der Waals surface area contributed by atoms with Crippen LogP contribution in [-0.4, -0.2) is 26.5 Å². The number of benzene rings is 1. The van der Waals surface area contributed by atoms with E-state index in [1.807, 2.05) is 31.2 Å². The average Bonchev–Trinajstić information content (AvgIpc) is 2.90. The molecule has 0 fully saturated rings. The Morgan fingerprint density at radius 2 is 1.96 bits per heavy atom. The number of fused-ring (bicyclic) bond motifs is 1. The number of para-hydroxylation sites is 2. The molecule has 2 aromatic rings. The molecule has 1 atom stereocenters. The van der Waals surface area contributed by atoms with Crippen molar-refractivity contribution in [2.24, 2.45) is 0 Å². The van der Waals surface area contributed by atoms with E-state index in [1.165, 1.54) is 0 Å². The Morgan fingerprint density at radius 3 is 2.65 bits per heavy atom. The van der Waals surface area contributed by atoms with E-state index in [4.69, 9.17) is 5.11 Å². The third kappa shape index (κ3) is 4.31. The van der Waals surface area contributed by atoms with Crippen LogP contribution in [0.25, 0.3) is 11.0 Å². The summed E-state index contributed by atoms with van der Waals surface area (Å²) >= 11 is 0. The molecule has 2 rings (SSSR count). The molecule has 6 heteroatoms. The standard InChI is InChI=1S/C17H23N3O3/c1-3-20-14-9-5-4-8-13(14)19-17(20)12(2)18-15(21)10-6-7-11-16(22)23/h4-5,8-9,12H,3,6-7,10-11H2,1-2H3,(H,18,21)(H,22,23). The first kappa shape index (κ1) is 17.0. The van der Waals surface area contributed by atoms with Crippen LogP contribution in [0.3, 0.4) is 0 Å². The minimum Gasteiger partial charge on any atom is -0.481 e. The normalized spacial score (nSPS) is 12.3. The van der Waals surface area contributed by atoms with Gasteiger partial charge in [0.05, 0.1) is 17.1 Å². The molecule has 6 nitrogen and oxygen atoms in total. The number of hydrogen-bond donors (Lipinski definition) is 2. The van der Waals surface area contributed by atoms with E-state index in [-0.39, 0.29) is 18.4 Å². The van der Waals surface area contributed by atoms with E-state index in [0.717, 1.165) is 23.4 Å². The molecule has 2 N–H and O–H groups in total. The molecule has 1 aromatic carbocycles. The van der Waals surface area contributed by atoms with E-state index in [9.17, 15) is 9.59 Å². The Labute approximate surface area is 135 Å². The predicted molar refractivity (Wildman–Crippen MR) is 88.1 cm³/mol. The van der Waals surface area contributed by atoms with E-state index >= 15 is 0 Å². The molecular formula is C17H23N3O3. The fourth-order valence-electron chi connectivity index (χ4n) is 2.70. The summed E-state index contributed by atoms with van der Waals surface area (Å²) in [6, 6.07) is 7.73. The van der Waals surface area contributed by atoms with Gasteiger partial charge in [-0.3, -0.25) is 9.59 Å². The molecule has 0 spiro atoms. The fraction of sp³-hybridized carbons (Fsp3) is 0.471. The van der Waals surface area contributed by atoms with Crippen molar-refractivity contribution in [3.8, 4) is 0 Å². The number of aryl methyl sites for hydroxylation is 1. The average molecular weight is 317 g/mol. The van der Waals surface area contributed by atoms with Crippen molar-refractivity contribution >= 4 is 22.9 Å². The SMILES string of the molecule is CCn1c(C(C)NC(=O)CCCCC(=O)O)nc2ccccc21. The molecule has 1 aromatic heterocycles. The number of amides is 1. The summed E-state index contributed by atoms with van der Waals surface area (Å²) in [5, 5.41) is 11.5. The van der Waals surface area contributed by atoms with Crippen LogP contribution in [-0.2, 0) is 16.1 Å². The summed E-state index contributed by atoms with van der Waals surface area (Å²) in [7, 11) is 0. The molecule has 124 valence electrons. The second-order valence-electron chi connectivity index (χ2n) is 5.59. The summed E-state index contributed by atoms with van der Waals surface area (Å²) < 4.78 is 2.10. The topological polar surface area (TPSA) is 84.2 Å². The largest absolute Gasteiger partial charge is 0.481 e. The number of carboxylic acid groups (broad SMARTS) is 1. The molecule has 0 aliphatic heterocycles. The number of imidazole rings is 1. The lowest BCUT2D eigenvalue weighted by Crippen LogP contribution is -2.28. The number of nitrogens with one attached hydrogen (secondary N) is 1. The number of aromatic nitrogens is 2. The lowest BCUT2D eigenvalue weighted by molar-refractivity contribution is -0.137. The van der Waals surface area contributed by atoms with Gasteiger partial charge in [-0.2, -0.15) is 0 Å². The molecule has 23 heavy (non-hydrogen) atoms. The summed E-state index contributed by atoms with van der Waals surface area (Å²) in [4.78, 5) is 27.1. The number of carbonyl (C=O) groups is 2. The van der Waals surface area contributed by atoms with Crippen molar-refractivity contribution in [3.05, 3.63) is 30.1 Å². The van der Waals surface area contributed by atoms with Gasteiger partial charge in [0.2, 0.25) is 5.91 Å². The first-order valence-electron chi connectivity index (χ1n) is 7.99. The van der Waals surface area contributed by atoms with E-state index in [1.54, 1.807) is 0 Å². The quantitative estimate of drug-likeness (QED) is 0.733. The Hall–Kier alpha value is -2.37. The maximum atomic E-state index is 12.0. The van der Waals surface area contributed by atoms with Crippen LogP contribution in [0.4, 0.5) is 0 Å². The number of rotatable bonds is 8. The third-order valence-corrected chi connectivity index (χ3v) is 3.81. The molecule has 0 saturated heterocycles. The second-order valence-corrected chi connectivity index (χ2v) is 5.59.